The first-order chi connectivity index (χ1) is 12.8. The maximum absolute atomic E-state index is 10.1. The Balaban J connectivity index is 0.00000676. The van der Waals surface area contributed by atoms with Gasteiger partial charge in [0.15, 0.2) is 12.4 Å². The standard InChI is InChI=1S/C24H44NO.ClH/c1-2-3-4-5-6-7-8-9-10-11-12-13-14-15-16-18-21-24(26)25-22-19-17-20-23-25;/h17,19-20,22-24,26H,2-16,18,21H2,1H3;1H/q+1;/p-1. The summed E-state index contributed by atoms with van der Waals surface area (Å²) in [7, 11) is 0. The number of rotatable bonds is 18. The fourth-order valence-corrected chi connectivity index (χ4v) is 3.63. The molecule has 0 saturated heterocycles. The minimum Gasteiger partial charge on any atom is -1.00 e. The first-order valence-corrected chi connectivity index (χ1v) is 11.5. The number of pyridine rings is 1. The lowest BCUT2D eigenvalue weighted by atomic mass is 10.0. The highest BCUT2D eigenvalue weighted by atomic mass is 35.5. The third-order valence-corrected chi connectivity index (χ3v) is 5.40. The number of aliphatic hydroxyl groups is 1. The Morgan fingerprint density at radius 3 is 1.37 bits per heavy atom. The third kappa shape index (κ3) is 16.1. The summed E-state index contributed by atoms with van der Waals surface area (Å²) >= 11 is 0. The molecule has 1 rings (SSSR count). The molecular weight excluding hydrogens is 354 g/mol. The van der Waals surface area contributed by atoms with E-state index in [2.05, 4.69) is 6.92 Å². The van der Waals surface area contributed by atoms with Crippen molar-refractivity contribution in [3.8, 4) is 0 Å². The van der Waals surface area contributed by atoms with E-state index < -0.39 is 0 Å². The van der Waals surface area contributed by atoms with Crippen LogP contribution in [0.4, 0.5) is 0 Å². The Bertz CT molecular complexity index is 399. The Morgan fingerprint density at radius 1 is 0.593 bits per heavy atom. The fourth-order valence-electron chi connectivity index (χ4n) is 3.63. The van der Waals surface area contributed by atoms with Crippen molar-refractivity contribution in [1.29, 1.82) is 0 Å². The van der Waals surface area contributed by atoms with Crippen molar-refractivity contribution in [2.45, 2.75) is 122 Å². The van der Waals surface area contributed by atoms with E-state index in [1.54, 1.807) is 0 Å². The molecule has 0 spiro atoms. The maximum Gasteiger partial charge on any atom is 0.259 e. The third-order valence-electron chi connectivity index (χ3n) is 5.40. The highest BCUT2D eigenvalue weighted by Gasteiger charge is 2.11. The predicted molar refractivity (Wildman–Crippen MR) is 112 cm³/mol. The van der Waals surface area contributed by atoms with Crippen LogP contribution in [-0.2, 0) is 0 Å². The van der Waals surface area contributed by atoms with Crippen molar-refractivity contribution in [2.75, 3.05) is 0 Å². The zero-order valence-electron chi connectivity index (χ0n) is 17.8. The fraction of sp³-hybridized carbons (Fsp3) is 0.792. The van der Waals surface area contributed by atoms with Crippen molar-refractivity contribution in [3.63, 3.8) is 0 Å². The number of hydrogen-bond acceptors (Lipinski definition) is 1. The van der Waals surface area contributed by atoms with Gasteiger partial charge in [-0.3, -0.25) is 0 Å². The van der Waals surface area contributed by atoms with Gasteiger partial charge >= 0.3 is 0 Å². The number of aromatic nitrogens is 1. The molecule has 1 atom stereocenters. The molecule has 0 aromatic carbocycles. The van der Waals surface area contributed by atoms with Gasteiger partial charge in [-0.2, -0.15) is 4.57 Å². The van der Waals surface area contributed by atoms with Crippen LogP contribution < -0.4 is 17.0 Å². The van der Waals surface area contributed by atoms with Gasteiger partial charge in [0.05, 0.1) is 0 Å². The van der Waals surface area contributed by atoms with E-state index in [1.165, 1.54) is 96.3 Å². The van der Waals surface area contributed by atoms with Gasteiger partial charge in [-0.1, -0.05) is 109 Å². The Labute approximate surface area is 175 Å². The molecule has 3 heteroatoms. The lowest BCUT2D eigenvalue weighted by Gasteiger charge is -2.06. The van der Waals surface area contributed by atoms with Crippen LogP contribution in [0.15, 0.2) is 30.6 Å². The number of hydrogen-bond donors (Lipinski definition) is 1. The predicted octanol–water partition coefficient (Wildman–Crippen LogP) is 4.12. The molecule has 1 aromatic heterocycles. The zero-order valence-corrected chi connectivity index (χ0v) is 18.5. The SMILES string of the molecule is CCCCCCCCCCCCCCCCCCC(O)[n+]1ccccc1.[Cl-]. The van der Waals surface area contributed by atoms with Crippen molar-refractivity contribution in [3.05, 3.63) is 30.6 Å². The second-order valence-corrected chi connectivity index (χ2v) is 7.90. The van der Waals surface area contributed by atoms with E-state index in [0.717, 1.165) is 12.8 Å². The summed E-state index contributed by atoms with van der Waals surface area (Å²) in [6.45, 7) is 2.29. The van der Waals surface area contributed by atoms with E-state index in [0.29, 0.717) is 0 Å². The molecule has 1 N–H and O–H groups in total. The second kappa shape index (κ2) is 20.1. The molecule has 0 saturated carbocycles. The smallest absolute Gasteiger partial charge is 0.259 e. The van der Waals surface area contributed by atoms with E-state index >= 15 is 0 Å². The van der Waals surface area contributed by atoms with Crippen LogP contribution in [-0.4, -0.2) is 5.11 Å². The molecule has 0 aliphatic rings. The van der Waals surface area contributed by atoms with Crippen molar-refractivity contribution < 1.29 is 22.1 Å². The average Bonchev–Trinajstić information content (AvgIpc) is 2.68. The number of aliphatic hydroxyl groups excluding tert-OH is 1. The zero-order chi connectivity index (χ0) is 18.7. The summed E-state index contributed by atoms with van der Waals surface area (Å²) < 4.78 is 1.89. The lowest BCUT2D eigenvalue weighted by Crippen LogP contribution is -3.00. The van der Waals surface area contributed by atoms with Gasteiger partial charge in [-0.15, -0.1) is 0 Å². The van der Waals surface area contributed by atoms with Crippen LogP contribution in [0.2, 0.25) is 0 Å². The monoisotopic (exact) mass is 397 g/mol. The van der Waals surface area contributed by atoms with Crippen molar-refractivity contribution in [2.24, 2.45) is 0 Å². The molecule has 0 aliphatic carbocycles. The van der Waals surface area contributed by atoms with Crippen LogP contribution in [0.5, 0.6) is 0 Å². The van der Waals surface area contributed by atoms with E-state index in [4.69, 9.17) is 0 Å². The van der Waals surface area contributed by atoms with E-state index in [9.17, 15) is 5.11 Å². The number of halogens is 1. The largest absolute Gasteiger partial charge is 1.00 e. The van der Waals surface area contributed by atoms with Crippen molar-refractivity contribution in [1.82, 2.24) is 0 Å². The summed E-state index contributed by atoms with van der Waals surface area (Å²) in [5.41, 5.74) is 0. The van der Waals surface area contributed by atoms with Gasteiger partial charge in [0.2, 0.25) is 0 Å². The minimum absolute atomic E-state index is 0. The van der Waals surface area contributed by atoms with Gasteiger partial charge in [-0.25, -0.2) is 0 Å². The molecule has 0 radical (unpaired) electrons. The quantitative estimate of drug-likeness (QED) is 0.292. The summed E-state index contributed by atoms with van der Waals surface area (Å²) in [4.78, 5) is 0. The van der Waals surface area contributed by atoms with E-state index in [-0.39, 0.29) is 18.6 Å². The number of unbranched alkanes of at least 4 members (excludes halogenated alkanes) is 15. The van der Waals surface area contributed by atoms with Crippen LogP contribution in [0.1, 0.15) is 122 Å². The Hall–Kier alpha value is -0.600. The van der Waals surface area contributed by atoms with Crippen LogP contribution >= 0.6 is 0 Å². The molecule has 0 aliphatic heterocycles. The first kappa shape index (κ1) is 26.4. The molecule has 0 amide bonds. The summed E-state index contributed by atoms with van der Waals surface area (Å²) in [5, 5.41) is 10.1. The van der Waals surface area contributed by atoms with Gasteiger partial charge in [-0.05, 0) is 6.42 Å². The molecule has 1 heterocycles. The maximum atomic E-state index is 10.1. The van der Waals surface area contributed by atoms with Gasteiger partial charge in [0.1, 0.15) is 0 Å². The van der Waals surface area contributed by atoms with Gasteiger partial charge in [0.25, 0.3) is 6.23 Å². The topological polar surface area (TPSA) is 24.1 Å². The summed E-state index contributed by atoms with van der Waals surface area (Å²) in [6, 6.07) is 5.92. The second-order valence-electron chi connectivity index (χ2n) is 7.90. The Morgan fingerprint density at radius 2 is 0.963 bits per heavy atom. The molecule has 0 bridgehead atoms. The summed E-state index contributed by atoms with van der Waals surface area (Å²) in [5.74, 6) is 0. The van der Waals surface area contributed by atoms with Crippen LogP contribution in [0.3, 0.4) is 0 Å². The van der Waals surface area contributed by atoms with E-state index in [1.807, 2.05) is 35.2 Å². The van der Waals surface area contributed by atoms with Gasteiger partial charge < -0.3 is 17.5 Å². The van der Waals surface area contributed by atoms with Crippen LogP contribution in [0, 0.1) is 0 Å². The van der Waals surface area contributed by atoms with Gasteiger partial charge in [0, 0.05) is 18.6 Å². The molecule has 27 heavy (non-hydrogen) atoms. The lowest BCUT2D eigenvalue weighted by molar-refractivity contribution is -0.760. The molecule has 2 nitrogen and oxygen atoms in total. The number of nitrogens with zero attached hydrogens (tertiary/aromatic N) is 1. The minimum atomic E-state index is -0.358. The first-order valence-electron chi connectivity index (χ1n) is 11.5. The molecule has 1 unspecified atom stereocenters. The van der Waals surface area contributed by atoms with Crippen molar-refractivity contribution >= 4 is 0 Å². The van der Waals surface area contributed by atoms with Crippen LogP contribution in [0.25, 0.3) is 0 Å². The molecule has 0 fully saturated rings. The Kier molecular flexibility index (Phi) is 19.7. The molecule has 158 valence electrons. The molecule has 1 aromatic rings. The normalized spacial score (nSPS) is 11.9. The summed E-state index contributed by atoms with van der Waals surface area (Å²) in [6.07, 6.45) is 26.6. The highest BCUT2D eigenvalue weighted by molar-refractivity contribution is 4.83. The highest BCUT2D eigenvalue weighted by Crippen LogP contribution is 2.14. The molecular formula is C24H44ClNO. The average molecular weight is 398 g/mol.